The smallest absolute Gasteiger partial charge is 0.258 e. The third-order valence-corrected chi connectivity index (χ3v) is 14.1. The van der Waals surface area contributed by atoms with E-state index >= 15 is 8.78 Å². The van der Waals surface area contributed by atoms with Gasteiger partial charge in [0, 0.05) is 86.5 Å². The molecule has 0 radical (unpaired) electrons. The Morgan fingerprint density at radius 2 is 1.60 bits per heavy atom. The summed E-state index contributed by atoms with van der Waals surface area (Å²) in [6.45, 7) is 8.78. The molecule has 5 aromatic rings. The molecule has 0 spiro atoms. The molecule has 7 heterocycles. The predicted molar refractivity (Wildman–Crippen MR) is 235 cm³/mol. The molecule has 3 atom stereocenters. The van der Waals surface area contributed by atoms with Gasteiger partial charge in [-0.2, -0.15) is 5.10 Å². The van der Waals surface area contributed by atoms with Gasteiger partial charge in [0.15, 0.2) is 0 Å². The molecule has 1 saturated carbocycles. The molecule has 0 unspecified atom stereocenters. The number of aryl methyl sites for hydroxylation is 3. The van der Waals surface area contributed by atoms with Gasteiger partial charge in [0.05, 0.1) is 40.5 Å². The van der Waals surface area contributed by atoms with E-state index in [4.69, 9.17) is 14.7 Å². The predicted octanol–water partition coefficient (Wildman–Crippen LogP) is 6.85. The van der Waals surface area contributed by atoms with E-state index in [0.717, 1.165) is 111 Å². The highest BCUT2D eigenvalue weighted by Crippen LogP contribution is 2.39. The molecule has 1 aliphatic carbocycles. The SMILES string of the molecule is Cc1cc2cc(n1)-c1c(C)nn(C)c1OC[C@H]1CC[C@H](C1)Cn1c(nc3ccc(N4CCC(N5CCC(Nc6cc(F)c([C@H]7CCC(=O)NC7=O)c(F)c6)CC5)CC4)cc31)NC2=O. The van der Waals surface area contributed by atoms with Crippen LogP contribution < -0.4 is 25.6 Å². The quantitative estimate of drug-likeness (QED) is 0.160. The van der Waals surface area contributed by atoms with Crippen LogP contribution in [0.15, 0.2) is 42.5 Å². The number of carbonyl (C=O) groups excluding carboxylic acids is 3. The summed E-state index contributed by atoms with van der Waals surface area (Å²) >= 11 is 0. The van der Waals surface area contributed by atoms with Crippen molar-refractivity contribution in [1.82, 2.24) is 34.5 Å². The Bertz CT molecular complexity index is 2590. The molecule has 2 aromatic carbocycles. The van der Waals surface area contributed by atoms with E-state index in [1.54, 1.807) is 10.7 Å². The number of amides is 3. The van der Waals surface area contributed by atoms with Crippen molar-refractivity contribution in [3.8, 4) is 17.1 Å². The van der Waals surface area contributed by atoms with Crippen molar-refractivity contribution in [2.75, 3.05) is 48.3 Å². The van der Waals surface area contributed by atoms with Crippen molar-refractivity contribution >= 4 is 46.1 Å². The van der Waals surface area contributed by atoms with E-state index in [1.807, 2.05) is 27.0 Å². The van der Waals surface area contributed by atoms with Crippen LogP contribution in [0.4, 0.5) is 26.1 Å². The van der Waals surface area contributed by atoms with E-state index < -0.39 is 29.4 Å². The highest BCUT2D eigenvalue weighted by atomic mass is 19.1. The summed E-state index contributed by atoms with van der Waals surface area (Å²) in [5, 5.41) is 13.4. The number of nitrogens with one attached hydrogen (secondary N) is 3. The first-order chi connectivity index (χ1) is 30.4. The third kappa shape index (κ3) is 8.13. The number of carbonyl (C=O) groups is 3. The zero-order valence-electron chi connectivity index (χ0n) is 36.1. The van der Waals surface area contributed by atoms with Crippen LogP contribution in [0.25, 0.3) is 22.3 Å². The van der Waals surface area contributed by atoms with Gasteiger partial charge in [0.25, 0.3) is 5.91 Å². The molecular weight excluding hydrogens is 807 g/mol. The zero-order valence-corrected chi connectivity index (χ0v) is 36.1. The number of likely N-dealkylation sites (tertiary alicyclic amines) is 1. The number of hydrogen-bond acceptors (Lipinski definition) is 10. The van der Waals surface area contributed by atoms with Gasteiger partial charge in [0.1, 0.15) is 11.6 Å². The first-order valence-electron chi connectivity index (χ1n) is 22.5. The molecule has 3 aromatic heterocycles. The lowest BCUT2D eigenvalue weighted by atomic mass is 9.89. The van der Waals surface area contributed by atoms with E-state index in [1.165, 1.54) is 12.1 Å². The van der Waals surface area contributed by atoms with Gasteiger partial charge < -0.3 is 24.4 Å². The van der Waals surface area contributed by atoms with Crippen molar-refractivity contribution in [3.05, 3.63) is 76.6 Å². The fraction of sp³-hybridized carbons (Fsp3) is 0.489. The second-order valence-corrected chi connectivity index (χ2v) is 18.3. The van der Waals surface area contributed by atoms with Gasteiger partial charge in [0.2, 0.25) is 23.6 Å². The van der Waals surface area contributed by atoms with Gasteiger partial charge in [-0.3, -0.25) is 30.0 Å². The van der Waals surface area contributed by atoms with Crippen LogP contribution in [0.5, 0.6) is 5.88 Å². The molecule has 3 N–H and O–H groups in total. The molecule has 10 rings (SSSR count). The number of ether oxygens (including phenoxy) is 1. The monoisotopic (exact) mass is 860 g/mol. The topological polar surface area (TPSA) is 152 Å². The molecule has 63 heavy (non-hydrogen) atoms. The second kappa shape index (κ2) is 16.7. The Kier molecular flexibility index (Phi) is 10.9. The van der Waals surface area contributed by atoms with Gasteiger partial charge in [-0.1, -0.05) is 0 Å². The van der Waals surface area contributed by atoms with Crippen LogP contribution in [0.2, 0.25) is 0 Å². The average Bonchev–Trinajstić information content (AvgIpc) is 3.94. The number of hydrogen-bond donors (Lipinski definition) is 3. The zero-order chi connectivity index (χ0) is 43.5. The lowest BCUT2D eigenvalue weighted by molar-refractivity contribution is -0.134. The molecular formula is C47H54F2N10O4. The molecule has 3 amide bonds. The fourth-order valence-electron chi connectivity index (χ4n) is 10.8. The van der Waals surface area contributed by atoms with Crippen molar-refractivity contribution in [2.45, 2.75) is 96.2 Å². The minimum absolute atomic E-state index is 0.0555. The number of imidazole rings is 1. The Hall–Kier alpha value is -5.90. The van der Waals surface area contributed by atoms with Gasteiger partial charge in [-0.15, -0.1) is 0 Å². The maximum Gasteiger partial charge on any atom is 0.258 e. The lowest BCUT2D eigenvalue weighted by Crippen LogP contribution is -2.49. The van der Waals surface area contributed by atoms with E-state index in [9.17, 15) is 14.4 Å². The van der Waals surface area contributed by atoms with Crippen molar-refractivity contribution in [1.29, 1.82) is 0 Å². The number of anilines is 3. The summed E-state index contributed by atoms with van der Waals surface area (Å²) in [7, 11) is 1.89. The van der Waals surface area contributed by atoms with Crippen molar-refractivity contribution < 1.29 is 27.9 Å². The third-order valence-electron chi connectivity index (χ3n) is 14.1. The number of fused-ring (bicyclic) bond motifs is 9. The molecule has 5 aliphatic rings. The molecule has 16 heteroatoms. The van der Waals surface area contributed by atoms with E-state index in [2.05, 4.69) is 53.6 Å². The first kappa shape index (κ1) is 41.1. The summed E-state index contributed by atoms with van der Waals surface area (Å²) in [6.07, 6.45) is 7.02. The maximum absolute atomic E-state index is 15.2. The Balaban J connectivity index is 0.807. The molecule has 14 nitrogen and oxygen atoms in total. The summed E-state index contributed by atoms with van der Waals surface area (Å²) in [5.74, 6) is -1.86. The first-order valence-corrected chi connectivity index (χ1v) is 22.5. The molecule has 4 bridgehead atoms. The van der Waals surface area contributed by atoms with Crippen LogP contribution in [-0.2, 0) is 23.2 Å². The minimum Gasteiger partial charge on any atom is -0.477 e. The Morgan fingerprint density at radius 1 is 0.841 bits per heavy atom. The fourth-order valence-corrected chi connectivity index (χ4v) is 10.8. The molecule has 3 saturated heterocycles. The van der Waals surface area contributed by atoms with Crippen molar-refractivity contribution in [2.24, 2.45) is 18.9 Å². The standard InChI is InChI=1S/C47H54F2N10O4/c1-26-18-30-20-39(50-26)42-27(2)55-56(3)46(42)63-25-29-5-4-28(19-29)24-59-40-23-34(6-8-38(40)52-47(59)54-44(30)61)58-16-12-33(13-17-58)57-14-10-31(11-15-57)51-32-21-36(48)43(37(49)22-32)35-7-9-41(60)53-45(35)62/h6,8,18,20-23,28-29,31,33,35,51H,4-5,7,9-17,19,24-25H2,1-3H3,(H,52,54,61)(H,53,60,62)/t28-,29+,35-/m1/s1. The molecule has 4 aliphatic heterocycles. The highest BCUT2D eigenvalue weighted by molar-refractivity contribution is 6.05. The summed E-state index contributed by atoms with van der Waals surface area (Å²) in [4.78, 5) is 52.7. The number of piperidine rings is 3. The van der Waals surface area contributed by atoms with Crippen LogP contribution in [0.3, 0.4) is 0 Å². The van der Waals surface area contributed by atoms with Crippen molar-refractivity contribution in [3.63, 3.8) is 0 Å². The normalized spacial score (nSPS) is 22.8. The minimum atomic E-state index is -1.01. The molecule has 330 valence electrons. The number of rotatable bonds is 5. The van der Waals surface area contributed by atoms with E-state index in [0.29, 0.717) is 53.3 Å². The van der Waals surface area contributed by atoms with Crippen LogP contribution in [0, 0.1) is 37.3 Å². The summed E-state index contributed by atoms with van der Waals surface area (Å²) in [5.41, 5.74) is 6.57. The largest absolute Gasteiger partial charge is 0.477 e. The van der Waals surface area contributed by atoms with Gasteiger partial charge in [-0.05, 0) is 120 Å². The van der Waals surface area contributed by atoms with Gasteiger partial charge in [-0.25, -0.2) is 18.4 Å². The maximum atomic E-state index is 15.2. The number of halogens is 2. The summed E-state index contributed by atoms with van der Waals surface area (Å²) < 4.78 is 40.9. The summed E-state index contributed by atoms with van der Waals surface area (Å²) in [6, 6.07) is 13.1. The average molecular weight is 861 g/mol. The Labute approximate surface area is 364 Å². The second-order valence-electron chi connectivity index (χ2n) is 18.3. The number of pyridine rings is 1. The lowest BCUT2D eigenvalue weighted by Gasteiger charge is -2.42. The molecule has 4 fully saturated rings. The number of imide groups is 1. The number of nitrogens with zero attached hydrogens (tertiary/aromatic N) is 7. The van der Waals surface area contributed by atoms with Crippen LogP contribution in [-0.4, -0.2) is 91.8 Å². The van der Waals surface area contributed by atoms with Gasteiger partial charge >= 0.3 is 0 Å². The number of aromatic nitrogens is 5. The van der Waals surface area contributed by atoms with Crippen LogP contribution in [0.1, 0.15) is 91.0 Å². The van der Waals surface area contributed by atoms with E-state index in [-0.39, 0.29) is 30.4 Å². The Morgan fingerprint density at radius 3 is 2.37 bits per heavy atom. The highest BCUT2D eigenvalue weighted by Gasteiger charge is 2.34. The number of benzene rings is 2. The van der Waals surface area contributed by atoms with Crippen LogP contribution >= 0.6 is 0 Å².